The van der Waals surface area contributed by atoms with E-state index in [0.29, 0.717) is 6.42 Å². The fraction of sp³-hybridized carbons (Fsp3) is 0.385. The molecule has 1 aromatic carbocycles. The van der Waals surface area contributed by atoms with Gasteiger partial charge in [0, 0.05) is 27.6 Å². The maximum Gasteiger partial charge on any atom is 0.407 e. The van der Waals surface area contributed by atoms with E-state index < -0.39 is 12.1 Å². The van der Waals surface area contributed by atoms with E-state index in [9.17, 15) is 9.59 Å². The Morgan fingerprint density at radius 1 is 1.21 bits per heavy atom. The van der Waals surface area contributed by atoms with Crippen LogP contribution in [0.1, 0.15) is 5.56 Å². The zero-order valence-corrected chi connectivity index (χ0v) is 11.3. The van der Waals surface area contributed by atoms with Gasteiger partial charge in [0.2, 0.25) is 0 Å². The number of nitrogens with zero attached hydrogens (tertiary/aromatic N) is 2. The quantitative estimate of drug-likeness (QED) is 0.772. The van der Waals surface area contributed by atoms with E-state index in [0.717, 1.165) is 10.5 Å². The van der Waals surface area contributed by atoms with Gasteiger partial charge in [-0.25, -0.2) is 9.80 Å². The minimum atomic E-state index is -1.13. The molecule has 19 heavy (non-hydrogen) atoms. The van der Waals surface area contributed by atoms with Gasteiger partial charge in [0.15, 0.2) is 0 Å². The molecule has 2 N–H and O–H groups in total. The average molecular weight is 265 g/mol. The lowest BCUT2D eigenvalue weighted by Crippen LogP contribution is -2.51. The SMILES string of the molecule is CN(C)NC(=O)[C@@H](Cc1ccccc1)N(C)C(=O)O. The number of carbonyl (C=O) groups is 2. The molecular weight excluding hydrogens is 246 g/mol. The molecule has 0 aliphatic rings. The molecule has 0 unspecified atom stereocenters. The largest absolute Gasteiger partial charge is 0.465 e. The van der Waals surface area contributed by atoms with Crippen LogP contribution in [0.2, 0.25) is 0 Å². The minimum Gasteiger partial charge on any atom is -0.465 e. The van der Waals surface area contributed by atoms with Crippen molar-refractivity contribution in [3.63, 3.8) is 0 Å². The summed E-state index contributed by atoms with van der Waals surface area (Å²) in [7, 11) is 4.75. The summed E-state index contributed by atoms with van der Waals surface area (Å²) in [5, 5.41) is 10.5. The van der Waals surface area contributed by atoms with Crippen molar-refractivity contribution in [1.29, 1.82) is 0 Å². The Hall–Kier alpha value is -2.08. The highest BCUT2D eigenvalue weighted by molar-refractivity contribution is 5.85. The smallest absolute Gasteiger partial charge is 0.407 e. The second-order valence-corrected chi connectivity index (χ2v) is 4.47. The average Bonchev–Trinajstić information content (AvgIpc) is 2.35. The summed E-state index contributed by atoms with van der Waals surface area (Å²) >= 11 is 0. The van der Waals surface area contributed by atoms with Crippen molar-refractivity contribution in [2.75, 3.05) is 21.1 Å². The molecule has 2 amide bonds. The number of benzene rings is 1. The molecule has 0 heterocycles. The van der Waals surface area contributed by atoms with Gasteiger partial charge in [0.05, 0.1) is 0 Å². The first-order valence-corrected chi connectivity index (χ1v) is 5.89. The van der Waals surface area contributed by atoms with E-state index in [1.54, 1.807) is 14.1 Å². The summed E-state index contributed by atoms with van der Waals surface area (Å²) in [6.45, 7) is 0. The van der Waals surface area contributed by atoms with Crippen molar-refractivity contribution in [1.82, 2.24) is 15.3 Å². The summed E-state index contributed by atoms with van der Waals surface area (Å²) in [5.74, 6) is -0.348. The summed E-state index contributed by atoms with van der Waals surface area (Å²) in [6.07, 6.45) is -0.793. The summed E-state index contributed by atoms with van der Waals surface area (Å²) in [6, 6.07) is 8.56. The van der Waals surface area contributed by atoms with E-state index >= 15 is 0 Å². The first-order valence-electron chi connectivity index (χ1n) is 5.89. The molecule has 0 aromatic heterocycles. The van der Waals surface area contributed by atoms with Gasteiger partial charge in [-0.1, -0.05) is 30.3 Å². The Bertz CT molecular complexity index is 434. The monoisotopic (exact) mass is 265 g/mol. The number of hydrogen-bond acceptors (Lipinski definition) is 3. The van der Waals surface area contributed by atoms with Gasteiger partial charge >= 0.3 is 6.09 Å². The molecule has 0 saturated carbocycles. The molecule has 1 aromatic rings. The molecule has 1 rings (SSSR count). The third-order valence-corrected chi connectivity index (χ3v) is 2.68. The number of likely N-dealkylation sites (N-methyl/N-ethyl adjacent to an activating group) is 1. The second kappa shape index (κ2) is 6.75. The third kappa shape index (κ3) is 4.59. The molecule has 1 atom stereocenters. The summed E-state index contributed by atoms with van der Waals surface area (Å²) < 4.78 is 0. The number of rotatable bonds is 5. The first-order chi connectivity index (χ1) is 8.91. The number of amides is 2. The fourth-order valence-corrected chi connectivity index (χ4v) is 1.67. The van der Waals surface area contributed by atoms with Crippen LogP contribution >= 0.6 is 0 Å². The van der Waals surface area contributed by atoms with E-state index in [4.69, 9.17) is 5.11 Å². The van der Waals surface area contributed by atoms with Crippen LogP contribution in [-0.2, 0) is 11.2 Å². The van der Waals surface area contributed by atoms with Crippen LogP contribution in [0.3, 0.4) is 0 Å². The van der Waals surface area contributed by atoms with Gasteiger partial charge in [0.1, 0.15) is 6.04 Å². The van der Waals surface area contributed by atoms with Crippen LogP contribution in [0.4, 0.5) is 4.79 Å². The molecule has 0 fully saturated rings. The lowest BCUT2D eigenvalue weighted by atomic mass is 10.0. The molecule has 0 saturated heterocycles. The highest BCUT2D eigenvalue weighted by Crippen LogP contribution is 2.08. The van der Waals surface area contributed by atoms with Crippen molar-refractivity contribution in [2.24, 2.45) is 0 Å². The van der Waals surface area contributed by atoms with Crippen LogP contribution in [0.25, 0.3) is 0 Å². The third-order valence-electron chi connectivity index (χ3n) is 2.68. The van der Waals surface area contributed by atoms with Crippen LogP contribution in [-0.4, -0.2) is 54.2 Å². The van der Waals surface area contributed by atoms with Crippen LogP contribution < -0.4 is 5.43 Å². The van der Waals surface area contributed by atoms with Crippen LogP contribution in [0, 0.1) is 0 Å². The zero-order chi connectivity index (χ0) is 14.4. The highest BCUT2D eigenvalue weighted by atomic mass is 16.4. The normalized spacial score (nSPS) is 12.0. The van der Waals surface area contributed by atoms with Crippen molar-refractivity contribution >= 4 is 12.0 Å². The molecule has 0 aliphatic heterocycles. The van der Waals surface area contributed by atoms with Crippen molar-refractivity contribution < 1.29 is 14.7 Å². The van der Waals surface area contributed by atoms with Gasteiger partial charge in [-0.2, -0.15) is 0 Å². The second-order valence-electron chi connectivity index (χ2n) is 4.47. The number of nitrogens with one attached hydrogen (secondary N) is 1. The maximum atomic E-state index is 12.0. The van der Waals surface area contributed by atoms with Crippen molar-refractivity contribution in [3.05, 3.63) is 35.9 Å². The number of hydrazine groups is 1. The van der Waals surface area contributed by atoms with Gasteiger partial charge in [-0.05, 0) is 5.56 Å². The summed E-state index contributed by atoms with van der Waals surface area (Å²) in [5.41, 5.74) is 3.50. The Labute approximate surface area is 112 Å². The highest BCUT2D eigenvalue weighted by Gasteiger charge is 2.27. The topological polar surface area (TPSA) is 72.9 Å². The molecular formula is C13H19N3O3. The van der Waals surface area contributed by atoms with E-state index in [1.165, 1.54) is 12.1 Å². The van der Waals surface area contributed by atoms with Gasteiger partial charge in [-0.3, -0.25) is 15.1 Å². The Kier molecular flexibility index (Phi) is 5.32. The molecule has 0 radical (unpaired) electrons. The van der Waals surface area contributed by atoms with Crippen LogP contribution in [0.5, 0.6) is 0 Å². The van der Waals surface area contributed by atoms with Crippen molar-refractivity contribution in [3.8, 4) is 0 Å². The molecule has 0 aliphatic carbocycles. The minimum absolute atomic E-state index is 0.337. The van der Waals surface area contributed by atoms with Crippen LogP contribution in [0.15, 0.2) is 30.3 Å². The predicted octanol–water partition coefficient (Wildman–Crippen LogP) is 0.800. The Morgan fingerprint density at radius 2 is 1.79 bits per heavy atom. The Balaban J connectivity index is 2.86. The van der Waals surface area contributed by atoms with E-state index in [-0.39, 0.29) is 5.91 Å². The first kappa shape index (κ1) is 15.0. The number of hydrogen-bond donors (Lipinski definition) is 2. The summed E-state index contributed by atoms with van der Waals surface area (Å²) in [4.78, 5) is 24.1. The fourth-order valence-electron chi connectivity index (χ4n) is 1.67. The Morgan fingerprint density at radius 3 is 2.26 bits per heavy atom. The van der Waals surface area contributed by atoms with Gasteiger partial charge < -0.3 is 5.11 Å². The predicted molar refractivity (Wildman–Crippen MR) is 71.6 cm³/mol. The zero-order valence-electron chi connectivity index (χ0n) is 11.3. The molecule has 0 spiro atoms. The van der Waals surface area contributed by atoms with E-state index in [1.807, 2.05) is 30.3 Å². The van der Waals surface area contributed by atoms with Crippen molar-refractivity contribution in [2.45, 2.75) is 12.5 Å². The standard InChI is InChI=1S/C13H19N3O3/c1-15(2)14-12(17)11(16(3)13(18)19)9-10-7-5-4-6-8-10/h4-8,11H,9H2,1-3H3,(H,14,17)(H,18,19)/t11-/m1/s1. The molecule has 6 heteroatoms. The molecule has 0 bridgehead atoms. The lowest BCUT2D eigenvalue weighted by Gasteiger charge is -2.26. The molecule has 104 valence electrons. The van der Waals surface area contributed by atoms with Gasteiger partial charge in [0.25, 0.3) is 5.91 Å². The molecule has 6 nitrogen and oxygen atoms in total. The maximum absolute atomic E-state index is 12.0. The number of carboxylic acid groups (broad SMARTS) is 1. The van der Waals surface area contributed by atoms with E-state index in [2.05, 4.69) is 5.43 Å². The lowest BCUT2D eigenvalue weighted by molar-refractivity contribution is -0.129. The van der Waals surface area contributed by atoms with Gasteiger partial charge in [-0.15, -0.1) is 0 Å². The number of carbonyl (C=O) groups excluding carboxylic acids is 1.